The molecule has 0 fully saturated rings. The van der Waals surface area contributed by atoms with Crippen molar-refractivity contribution >= 4 is 32.7 Å². The smallest absolute Gasteiger partial charge is 0.416 e. The van der Waals surface area contributed by atoms with Crippen LogP contribution in [0.4, 0.5) is 13.2 Å². The number of likely N-dealkylation sites (N-methyl/N-ethyl adjacent to an activating group) is 1. The Bertz CT molecular complexity index is 1980. The van der Waals surface area contributed by atoms with E-state index in [1.807, 2.05) is 12.1 Å². The van der Waals surface area contributed by atoms with Crippen molar-refractivity contribution in [2.75, 3.05) is 13.6 Å². The number of halogens is 3. The Hall–Kier alpha value is -4.49. The van der Waals surface area contributed by atoms with E-state index in [2.05, 4.69) is 5.32 Å². The number of aromatic nitrogens is 1. The van der Waals surface area contributed by atoms with Crippen LogP contribution in [0.15, 0.2) is 76.6 Å². The molecule has 230 valence electrons. The minimum atomic E-state index is -4.81. The van der Waals surface area contributed by atoms with Gasteiger partial charge in [-0.1, -0.05) is 54.6 Å². The fourth-order valence-electron chi connectivity index (χ4n) is 5.54. The quantitative estimate of drug-likeness (QED) is 0.320. The van der Waals surface area contributed by atoms with Crippen molar-refractivity contribution in [2.24, 2.45) is 0 Å². The molecule has 4 aromatic rings. The summed E-state index contributed by atoms with van der Waals surface area (Å²) in [6.45, 7) is 2.62. The van der Waals surface area contributed by atoms with E-state index < -0.39 is 68.4 Å². The minimum absolute atomic E-state index is 0.141. The maximum Gasteiger partial charge on any atom is 0.416 e. The summed E-state index contributed by atoms with van der Waals surface area (Å²) >= 11 is 0. The Morgan fingerprint density at radius 2 is 1.70 bits per heavy atom. The number of carbonyl (C=O) groups is 2. The Morgan fingerprint density at radius 1 is 1.05 bits per heavy atom. The number of carboxylic acid groups (broad SMARTS) is 1. The van der Waals surface area contributed by atoms with Crippen LogP contribution in [-0.2, 0) is 27.4 Å². The lowest BCUT2D eigenvalue weighted by Crippen LogP contribution is -2.50. The van der Waals surface area contributed by atoms with Gasteiger partial charge in [0, 0.05) is 25.2 Å². The maximum absolute atomic E-state index is 14.2. The third-order valence-electron chi connectivity index (χ3n) is 7.52. The van der Waals surface area contributed by atoms with Crippen molar-refractivity contribution in [1.29, 1.82) is 0 Å². The van der Waals surface area contributed by atoms with E-state index in [9.17, 15) is 41.1 Å². The van der Waals surface area contributed by atoms with Gasteiger partial charge in [-0.2, -0.15) is 17.5 Å². The lowest BCUT2D eigenvalue weighted by Gasteiger charge is -2.34. The predicted octanol–water partition coefficient (Wildman–Crippen LogP) is 4.68. The third kappa shape index (κ3) is 5.37. The van der Waals surface area contributed by atoms with Gasteiger partial charge in [0.25, 0.3) is 21.5 Å². The largest absolute Gasteiger partial charge is 0.480 e. The summed E-state index contributed by atoms with van der Waals surface area (Å²) < 4.78 is 70.9. The average molecular weight is 628 g/mol. The molecule has 0 spiro atoms. The van der Waals surface area contributed by atoms with Crippen molar-refractivity contribution in [3.05, 3.63) is 99.3 Å². The van der Waals surface area contributed by atoms with Gasteiger partial charge in [0.1, 0.15) is 11.6 Å². The zero-order chi connectivity index (χ0) is 32.1. The molecule has 5 rings (SSSR count). The van der Waals surface area contributed by atoms with E-state index in [1.165, 1.54) is 6.07 Å². The number of aliphatic carboxylic acids is 1. The summed E-state index contributed by atoms with van der Waals surface area (Å²) in [5.41, 5.74) is -2.99. The molecule has 2 N–H and O–H groups in total. The summed E-state index contributed by atoms with van der Waals surface area (Å²) in [5.74, 6) is -2.47. The molecule has 44 heavy (non-hydrogen) atoms. The van der Waals surface area contributed by atoms with Crippen LogP contribution in [0, 0.1) is 0 Å². The first-order valence-corrected chi connectivity index (χ1v) is 15.0. The number of fused-ring (bicyclic) bond motifs is 2. The number of rotatable bonds is 6. The van der Waals surface area contributed by atoms with Gasteiger partial charge in [-0.05, 0) is 59.9 Å². The molecule has 0 bridgehead atoms. The summed E-state index contributed by atoms with van der Waals surface area (Å²) in [5, 5.41) is 13.4. The van der Waals surface area contributed by atoms with E-state index in [-0.39, 0.29) is 23.1 Å². The summed E-state index contributed by atoms with van der Waals surface area (Å²) in [6, 6.07) is 14.1. The monoisotopic (exact) mass is 627 g/mol. The highest BCUT2D eigenvalue weighted by Crippen LogP contribution is 2.41. The second kappa shape index (κ2) is 11.2. The minimum Gasteiger partial charge on any atom is -0.480 e. The van der Waals surface area contributed by atoms with Crippen molar-refractivity contribution in [3.8, 4) is 11.1 Å². The van der Waals surface area contributed by atoms with Crippen molar-refractivity contribution < 1.29 is 36.3 Å². The number of hydrogen-bond acceptors (Lipinski definition) is 5. The highest BCUT2D eigenvalue weighted by molar-refractivity contribution is 7.89. The number of nitrogens with one attached hydrogen (secondary N) is 1. The number of hydrogen-bond donors (Lipinski definition) is 2. The lowest BCUT2D eigenvalue weighted by atomic mass is 9.89. The lowest BCUT2D eigenvalue weighted by molar-refractivity contribution is -0.141. The van der Waals surface area contributed by atoms with Gasteiger partial charge in [0.15, 0.2) is 5.03 Å². The fourth-order valence-corrected chi connectivity index (χ4v) is 7.13. The number of amides is 1. The van der Waals surface area contributed by atoms with Gasteiger partial charge in [-0.25, -0.2) is 13.2 Å². The van der Waals surface area contributed by atoms with Gasteiger partial charge in [-0.15, -0.1) is 0 Å². The fraction of sp³-hybridized carbons (Fsp3) is 0.258. The number of sulfonamides is 1. The first-order valence-electron chi connectivity index (χ1n) is 13.6. The molecule has 0 aliphatic carbocycles. The molecule has 1 unspecified atom stereocenters. The molecule has 9 nitrogen and oxygen atoms in total. The zero-order valence-corrected chi connectivity index (χ0v) is 24.7. The Morgan fingerprint density at radius 3 is 2.36 bits per heavy atom. The Kier molecular flexibility index (Phi) is 7.89. The number of pyridine rings is 1. The highest BCUT2D eigenvalue weighted by atomic mass is 32.2. The number of carboxylic acids is 1. The van der Waals surface area contributed by atoms with Gasteiger partial charge in [0.05, 0.1) is 5.56 Å². The average Bonchev–Trinajstić information content (AvgIpc) is 2.94. The number of alkyl halides is 3. The molecule has 0 radical (unpaired) electrons. The topological polar surface area (TPSA) is 126 Å². The summed E-state index contributed by atoms with van der Waals surface area (Å²) in [4.78, 5) is 40.4. The molecule has 0 saturated carbocycles. The molecule has 1 aliphatic rings. The normalized spacial score (nSPS) is 16.6. The van der Waals surface area contributed by atoms with Crippen LogP contribution in [0.3, 0.4) is 0 Å². The van der Waals surface area contributed by atoms with E-state index in [0.29, 0.717) is 15.5 Å². The highest BCUT2D eigenvalue weighted by Gasteiger charge is 2.44. The summed E-state index contributed by atoms with van der Waals surface area (Å²) in [7, 11) is -3.52. The van der Waals surface area contributed by atoms with Gasteiger partial charge >= 0.3 is 12.1 Å². The summed E-state index contributed by atoms with van der Waals surface area (Å²) in [6.07, 6.45) is -5.04. The SMILES string of the molecule is CC(C)NC(=O)c1c(Cc2cccc3ccccc23)c(-c2cccc(C(F)(F)F)c2)c2n(c1=O)C(C(=O)O)CN(C)S2(=O)=O. The Labute approximate surface area is 250 Å². The van der Waals surface area contributed by atoms with Crippen LogP contribution >= 0.6 is 0 Å². The molecule has 1 aliphatic heterocycles. The Balaban J connectivity index is 2.01. The van der Waals surface area contributed by atoms with Crippen LogP contribution in [0.1, 0.15) is 46.9 Å². The van der Waals surface area contributed by atoms with Crippen LogP contribution in [0.2, 0.25) is 0 Å². The predicted molar refractivity (Wildman–Crippen MR) is 157 cm³/mol. The van der Waals surface area contributed by atoms with E-state index >= 15 is 0 Å². The van der Waals surface area contributed by atoms with Crippen LogP contribution in [0.25, 0.3) is 21.9 Å². The van der Waals surface area contributed by atoms with Gasteiger partial charge < -0.3 is 10.4 Å². The second-order valence-corrected chi connectivity index (χ2v) is 12.8. The standard InChI is InChI=1S/C31H28F3N3O6S/c1-17(2)35-27(38)26-23(15-19-10-6-9-18-8-4-5-13-22(18)19)25(20-11-7-12-21(14-20)31(32,33)34)29-37(28(26)39)24(30(40)41)16-36(3)44(29,42)43/h4-14,17,24H,15-16H2,1-3H3,(H,35,38)(H,40,41). The van der Waals surface area contributed by atoms with Gasteiger partial charge in [-0.3, -0.25) is 14.2 Å². The first-order chi connectivity index (χ1) is 20.6. The van der Waals surface area contributed by atoms with Gasteiger partial charge in [0.2, 0.25) is 0 Å². The first kappa shape index (κ1) is 31.0. The zero-order valence-electron chi connectivity index (χ0n) is 23.8. The van der Waals surface area contributed by atoms with E-state index in [0.717, 1.165) is 34.9 Å². The molecule has 3 aromatic carbocycles. The van der Waals surface area contributed by atoms with Crippen LogP contribution < -0.4 is 10.9 Å². The van der Waals surface area contributed by atoms with Crippen molar-refractivity contribution in [2.45, 2.75) is 43.6 Å². The number of benzene rings is 3. The number of nitrogens with zero attached hydrogens (tertiary/aromatic N) is 2. The number of carbonyl (C=O) groups excluding carboxylic acids is 1. The molecular formula is C31H28F3N3O6S. The van der Waals surface area contributed by atoms with E-state index in [4.69, 9.17) is 0 Å². The molecule has 1 aromatic heterocycles. The third-order valence-corrected chi connectivity index (χ3v) is 9.38. The molecule has 13 heteroatoms. The van der Waals surface area contributed by atoms with Crippen LogP contribution in [0.5, 0.6) is 0 Å². The second-order valence-electron chi connectivity index (χ2n) is 10.9. The molecule has 1 atom stereocenters. The van der Waals surface area contributed by atoms with Crippen LogP contribution in [-0.4, -0.2) is 53.9 Å². The van der Waals surface area contributed by atoms with Crippen molar-refractivity contribution in [1.82, 2.24) is 14.2 Å². The molecule has 2 heterocycles. The van der Waals surface area contributed by atoms with Crippen molar-refractivity contribution in [3.63, 3.8) is 0 Å². The maximum atomic E-state index is 14.2. The van der Waals surface area contributed by atoms with E-state index in [1.54, 1.807) is 44.2 Å². The molecule has 1 amide bonds. The molecule has 0 saturated heterocycles. The molecular weight excluding hydrogens is 599 g/mol.